The number of anilines is 1. The summed E-state index contributed by atoms with van der Waals surface area (Å²) in [5, 5.41) is 3.66. The van der Waals surface area contributed by atoms with Crippen LogP contribution < -0.4 is 5.32 Å². The Morgan fingerprint density at radius 3 is 3.17 bits per heavy atom. The van der Waals surface area contributed by atoms with Gasteiger partial charge in [-0.1, -0.05) is 18.2 Å². The highest BCUT2D eigenvalue weighted by atomic mass is 35.5. The van der Waals surface area contributed by atoms with Crippen molar-refractivity contribution in [3.05, 3.63) is 41.3 Å². The molecule has 0 amide bonds. The number of hydrogen-bond donors (Lipinski definition) is 1. The van der Waals surface area contributed by atoms with E-state index in [0.29, 0.717) is 5.03 Å². The van der Waals surface area contributed by atoms with Crippen molar-refractivity contribution < 1.29 is 0 Å². The van der Waals surface area contributed by atoms with Crippen molar-refractivity contribution in [2.75, 3.05) is 5.32 Å². The molecule has 0 aliphatic carbocycles. The van der Waals surface area contributed by atoms with Gasteiger partial charge in [-0.05, 0) is 18.2 Å². The fourth-order valence-corrected chi connectivity index (χ4v) is 1.22. The Balaban J connectivity index is 2.56. The zero-order valence-corrected chi connectivity index (χ0v) is 7.10. The molecule has 12 heavy (non-hydrogen) atoms. The number of nitrogens with zero attached hydrogens (tertiary/aromatic N) is 1. The lowest BCUT2D eigenvalue weighted by Crippen LogP contribution is -2.05. The van der Waals surface area contributed by atoms with Gasteiger partial charge in [-0.25, -0.2) is 0 Å². The van der Waals surface area contributed by atoms with Crippen LogP contribution in [0.2, 0.25) is 0 Å². The second-order valence-electron chi connectivity index (χ2n) is 2.53. The lowest BCUT2D eigenvalue weighted by atomic mass is 10.2. The minimum Gasteiger partial charge on any atom is -0.353 e. The van der Waals surface area contributed by atoms with Gasteiger partial charge in [0.25, 0.3) is 0 Å². The first-order valence-corrected chi connectivity index (χ1v) is 3.93. The molecule has 0 aromatic carbocycles. The molecule has 1 aromatic rings. The Labute approximate surface area is 75.6 Å². The number of aromatic nitrogens is 1. The molecule has 0 fully saturated rings. The lowest BCUT2D eigenvalue weighted by molar-refractivity contribution is 1.26. The van der Waals surface area contributed by atoms with Crippen LogP contribution in [0.5, 0.6) is 0 Å². The summed E-state index contributed by atoms with van der Waals surface area (Å²) in [6, 6.07) is 3.81. The SMILES string of the molecule is C=C1Nc2cccnc2C=C1Cl. The molecule has 2 nitrogen and oxygen atoms in total. The van der Waals surface area contributed by atoms with Gasteiger partial charge < -0.3 is 5.32 Å². The monoisotopic (exact) mass is 178 g/mol. The van der Waals surface area contributed by atoms with Crippen molar-refractivity contribution in [3.63, 3.8) is 0 Å². The van der Waals surface area contributed by atoms with Crippen molar-refractivity contribution in [1.82, 2.24) is 4.98 Å². The molecule has 60 valence electrons. The zero-order chi connectivity index (χ0) is 8.55. The molecule has 3 heteroatoms. The van der Waals surface area contributed by atoms with Gasteiger partial charge in [-0.15, -0.1) is 0 Å². The number of hydrogen-bond acceptors (Lipinski definition) is 2. The molecular weight excluding hydrogens is 172 g/mol. The largest absolute Gasteiger partial charge is 0.353 e. The molecule has 0 radical (unpaired) electrons. The minimum absolute atomic E-state index is 0.612. The number of pyridine rings is 1. The van der Waals surface area contributed by atoms with Gasteiger partial charge in [0.1, 0.15) is 0 Å². The predicted molar refractivity (Wildman–Crippen MR) is 50.8 cm³/mol. The molecule has 1 aromatic heterocycles. The summed E-state index contributed by atoms with van der Waals surface area (Å²) in [5.41, 5.74) is 2.53. The Morgan fingerprint density at radius 2 is 2.33 bits per heavy atom. The fourth-order valence-electron chi connectivity index (χ4n) is 1.07. The van der Waals surface area contributed by atoms with Crippen molar-refractivity contribution in [2.24, 2.45) is 0 Å². The maximum absolute atomic E-state index is 5.85. The number of halogens is 1. The standard InChI is InChI=1S/C9H7ClN2/c1-6-7(10)5-9-8(12-6)3-2-4-11-9/h2-5,12H,1H2. The Hall–Kier alpha value is -1.28. The second kappa shape index (κ2) is 2.64. The number of allylic oxidation sites excluding steroid dienone is 1. The summed E-state index contributed by atoms with van der Waals surface area (Å²) < 4.78 is 0. The van der Waals surface area contributed by atoms with Crippen LogP contribution in [0.4, 0.5) is 5.69 Å². The molecule has 0 saturated carbocycles. The first kappa shape index (κ1) is 7.37. The lowest BCUT2D eigenvalue weighted by Gasteiger charge is -2.15. The molecule has 2 rings (SSSR count). The number of fused-ring (bicyclic) bond motifs is 1. The highest BCUT2D eigenvalue weighted by molar-refractivity contribution is 6.34. The van der Waals surface area contributed by atoms with Gasteiger partial charge in [0.05, 0.1) is 22.1 Å². The summed E-state index contributed by atoms with van der Waals surface area (Å²) in [6.07, 6.45) is 3.53. The number of rotatable bonds is 0. The van der Waals surface area contributed by atoms with E-state index in [9.17, 15) is 0 Å². The second-order valence-corrected chi connectivity index (χ2v) is 2.94. The van der Waals surface area contributed by atoms with E-state index >= 15 is 0 Å². The van der Waals surface area contributed by atoms with Gasteiger partial charge in [-0.2, -0.15) is 0 Å². The van der Waals surface area contributed by atoms with Gasteiger partial charge >= 0.3 is 0 Å². The molecule has 1 aliphatic rings. The molecule has 1 aliphatic heterocycles. The van der Waals surface area contributed by atoms with Crippen LogP contribution in [0.1, 0.15) is 5.69 Å². The van der Waals surface area contributed by atoms with Gasteiger partial charge in [0, 0.05) is 6.20 Å². The topological polar surface area (TPSA) is 24.9 Å². The zero-order valence-electron chi connectivity index (χ0n) is 6.34. The fraction of sp³-hybridized carbons (Fsp3) is 0. The van der Waals surface area contributed by atoms with Gasteiger partial charge in [-0.3, -0.25) is 4.98 Å². The maximum Gasteiger partial charge on any atom is 0.0880 e. The molecule has 1 N–H and O–H groups in total. The molecule has 0 spiro atoms. The number of nitrogens with one attached hydrogen (secondary N) is 1. The third-order valence-corrected chi connectivity index (χ3v) is 2.01. The molecular formula is C9H7ClN2. The molecule has 0 saturated heterocycles. The van der Waals surface area contributed by atoms with Crippen LogP contribution >= 0.6 is 11.6 Å². The van der Waals surface area contributed by atoms with Gasteiger partial charge in [0.15, 0.2) is 0 Å². The summed E-state index contributed by atoms with van der Waals surface area (Å²) in [5.74, 6) is 0. The maximum atomic E-state index is 5.85. The van der Waals surface area contributed by atoms with E-state index in [0.717, 1.165) is 17.1 Å². The van der Waals surface area contributed by atoms with Crippen LogP contribution in [0, 0.1) is 0 Å². The summed E-state index contributed by atoms with van der Waals surface area (Å²) >= 11 is 5.85. The van der Waals surface area contributed by atoms with E-state index in [1.807, 2.05) is 12.1 Å². The first-order chi connectivity index (χ1) is 5.77. The third-order valence-electron chi connectivity index (χ3n) is 1.68. The van der Waals surface area contributed by atoms with Crippen LogP contribution in [0.15, 0.2) is 35.6 Å². The van der Waals surface area contributed by atoms with Crippen LogP contribution in [0.25, 0.3) is 6.08 Å². The smallest absolute Gasteiger partial charge is 0.0880 e. The average Bonchev–Trinajstić information content (AvgIpc) is 2.07. The average molecular weight is 179 g/mol. The summed E-state index contributed by atoms with van der Waals surface area (Å²) in [4.78, 5) is 4.14. The molecule has 0 bridgehead atoms. The van der Waals surface area contributed by atoms with Crippen LogP contribution in [-0.2, 0) is 0 Å². The van der Waals surface area contributed by atoms with Crippen molar-refractivity contribution >= 4 is 23.4 Å². The highest BCUT2D eigenvalue weighted by Gasteiger charge is 2.10. The van der Waals surface area contributed by atoms with Gasteiger partial charge in [0.2, 0.25) is 0 Å². The Bertz CT molecular complexity index is 369. The highest BCUT2D eigenvalue weighted by Crippen LogP contribution is 2.27. The Morgan fingerprint density at radius 1 is 1.50 bits per heavy atom. The Kier molecular flexibility index (Phi) is 1.62. The van der Waals surface area contributed by atoms with E-state index in [1.54, 1.807) is 12.3 Å². The van der Waals surface area contributed by atoms with Crippen LogP contribution in [0.3, 0.4) is 0 Å². The predicted octanol–water partition coefficient (Wildman–Crippen LogP) is 2.60. The van der Waals surface area contributed by atoms with E-state index in [1.165, 1.54) is 0 Å². The van der Waals surface area contributed by atoms with E-state index in [4.69, 9.17) is 11.6 Å². The van der Waals surface area contributed by atoms with Crippen LogP contribution in [-0.4, -0.2) is 4.98 Å². The van der Waals surface area contributed by atoms with E-state index in [2.05, 4.69) is 16.9 Å². The molecule has 0 atom stereocenters. The van der Waals surface area contributed by atoms with E-state index < -0.39 is 0 Å². The van der Waals surface area contributed by atoms with Crippen molar-refractivity contribution in [3.8, 4) is 0 Å². The van der Waals surface area contributed by atoms with Crippen molar-refractivity contribution in [2.45, 2.75) is 0 Å². The summed E-state index contributed by atoms with van der Waals surface area (Å²) in [6.45, 7) is 3.75. The van der Waals surface area contributed by atoms with E-state index in [-0.39, 0.29) is 0 Å². The molecule has 2 heterocycles. The van der Waals surface area contributed by atoms with Crippen molar-refractivity contribution in [1.29, 1.82) is 0 Å². The normalized spacial score (nSPS) is 14.8. The molecule has 0 unspecified atom stereocenters. The third kappa shape index (κ3) is 1.10. The quantitative estimate of drug-likeness (QED) is 0.661. The summed E-state index contributed by atoms with van der Waals surface area (Å²) in [7, 11) is 0. The minimum atomic E-state index is 0.612. The first-order valence-electron chi connectivity index (χ1n) is 3.56.